The minimum atomic E-state index is -0.236. The number of hydrogen-bond donors (Lipinski definition) is 2. The summed E-state index contributed by atoms with van der Waals surface area (Å²) in [7, 11) is 0. The van der Waals surface area contributed by atoms with Gasteiger partial charge in [-0.25, -0.2) is 0 Å². The Morgan fingerprint density at radius 2 is 1.79 bits per heavy atom. The largest absolute Gasteiger partial charge is 0.461 e. The maximum atomic E-state index is 12.7. The topological polar surface area (TPSA) is 102 Å². The van der Waals surface area contributed by atoms with Crippen LogP contribution in [0.2, 0.25) is 0 Å². The van der Waals surface area contributed by atoms with Gasteiger partial charge in [0.15, 0.2) is 16.7 Å². The molecule has 0 fully saturated rings. The number of aromatic nitrogens is 3. The van der Waals surface area contributed by atoms with Crippen molar-refractivity contribution in [2.24, 2.45) is 0 Å². The van der Waals surface area contributed by atoms with Crippen molar-refractivity contribution in [3.63, 3.8) is 0 Å². The van der Waals surface area contributed by atoms with Gasteiger partial charge in [0.05, 0.1) is 23.3 Å². The summed E-state index contributed by atoms with van der Waals surface area (Å²) < 4.78 is 7.31. The molecular formula is C25H25N5O3S. The van der Waals surface area contributed by atoms with Crippen molar-refractivity contribution in [3.8, 4) is 11.6 Å². The first-order valence-corrected chi connectivity index (χ1v) is 11.9. The Labute approximate surface area is 201 Å². The molecule has 0 aliphatic rings. The molecular weight excluding hydrogens is 450 g/mol. The van der Waals surface area contributed by atoms with Gasteiger partial charge in [-0.3, -0.25) is 14.2 Å². The third-order valence-corrected chi connectivity index (χ3v) is 6.06. The van der Waals surface area contributed by atoms with Crippen LogP contribution in [0.15, 0.2) is 82.6 Å². The number of benzene rings is 2. The van der Waals surface area contributed by atoms with E-state index in [1.165, 1.54) is 11.8 Å². The van der Waals surface area contributed by atoms with Crippen molar-refractivity contribution in [3.05, 3.63) is 84.1 Å². The number of rotatable bonds is 10. The van der Waals surface area contributed by atoms with E-state index in [2.05, 4.69) is 20.8 Å². The van der Waals surface area contributed by atoms with Gasteiger partial charge in [-0.15, -0.1) is 10.2 Å². The fraction of sp³-hybridized carbons (Fsp3) is 0.200. The quantitative estimate of drug-likeness (QED) is 0.332. The van der Waals surface area contributed by atoms with Gasteiger partial charge in [0.25, 0.3) is 5.91 Å². The molecule has 34 heavy (non-hydrogen) atoms. The number of amides is 2. The lowest BCUT2D eigenvalue weighted by Gasteiger charge is -2.12. The molecule has 2 heterocycles. The second kappa shape index (κ2) is 11.3. The Bertz CT molecular complexity index is 1240. The number of nitrogens with one attached hydrogen (secondary N) is 2. The monoisotopic (exact) mass is 475 g/mol. The summed E-state index contributed by atoms with van der Waals surface area (Å²) in [6.07, 6.45) is 2.31. The molecule has 0 aliphatic heterocycles. The molecule has 0 saturated heterocycles. The Kier molecular flexibility index (Phi) is 7.77. The molecule has 2 amide bonds. The lowest BCUT2D eigenvalue weighted by Crippen LogP contribution is -2.27. The molecule has 8 nitrogen and oxygen atoms in total. The van der Waals surface area contributed by atoms with Gasteiger partial charge >= 0.3 is 0 Å². The molecule has 174 valence electrons. The van der Waals surface area contributed by atoms with Gasteiger partial charge in [0.1, 0.15) is 0 Å². The van der Waals surface area contributed by atoms with E-state index in [0.717, 1.165) is 12.0 Å². The molecule has 0 spiro atoms. The Hall–Kier alpha value is -3.85. The zero-order chi connectivity index (χ0) is 23.8. The van der Waals surface area contributed by atoms with Crippen molar-refractivity contribution < 1.29 is 14.0 Å². The van der Waals surface area contributed by atoms with Crippen molar-refractivity contribution in [1.82, 2.24) is 20.1 Å². The minimum Gasteiger partial charge on any atom is -0.461 e. The number of carbonyl (C=O) groups excluding carboxylic acids is 2. The molecule has 0 atom stereocenters. The van der Waals surface area contributed by atoms with E-state index in [4.69, 9.17) is 4.42 Å². The highest BCUT2D eigenvalue weighted by atomic mass is 32.2. The molecule has 0 saturated carbocycles. The number of thioether (sulfide) groups is 1. The maximum absolute atomic E-state index is 12.7. The highest BCUT2D eigenvalue weighted by molar-refractivity contribution is 7.99. The molecule has 2 aromatic carbocycles. The smallest absolute Gasteiger partial charge is 0.253 e. The van der Waals surface area contributed by atoms with Crippen LogP contribution in [-0.2, 0) is 17.8 Å². The highest BCUT2D eigenvalue weighted by Crippen LogP contribution is 2.24. The van der Waals surface area contributed by atoms with Crippen LogP contribution >= 0.6 is 11.8 Å². The zero-order valence-electron chi connectivity index (χ0n) is 18.7. The molecule has 2 aromatic heterocycles. The lowest BCUT2D eigenvalue weighted by atomic mass is 10.1. The highest BCUT2D eigenvalue weighted by Gasteiger charge is 2.17. The second-order valence-electron chi connectivity index (χ2n) is 7.40. The second-order valence-corrected chi connectivity index (χ2v) is 8.34. The molecule has 2 N–H and O–H groups in total. The third-order valence-electron chi connectivity index (χ3n) is 5.09. The van der Waals surface area contributed by atoms with E-state index >= 15 is 0 Å². The Balaban J connectivity index is 1.34. The lowest BCUT2D eigenvalue weighted by molar-refractivity contribution is -0.113. The van der Waals surface area contributed by atoms with E-state index < -0.39 is 0 Å². The van der Waals surface area contributed by atoms with Crippen molar-refractivity contribution in [2.45, 2.75) is 25.0 Å². The Morgan fingerprint density at radius 3 is 2.56 bits per heavy atom. The average Bonchev–Trinajstić information content (AvgIpc) is 3.53. The van der Waals surface area contributed by atoms with Crippen molar-refractivity contribution in [1.29, 1.82) is 0 Å². The summed E-state index contributed by atoms with van der Waals surface area (Å²) in [4.78, 5) is 25.4. The average molecular weight is 476 g/mol. The van der Waals surface area contributed by atoms with Gasteiger partial charge in [-0.2, -0.15) is 0 Å². The van der Waals surface area contributed by atoms with Crippen LogP contribution in [0, 0.1) is 0 Å². The van der Waals surface area contributed by atoms with E-state index in [1.54, 1.807) is 36.6 Å². The molecule has 4 aromatic rings. The van der Waals surface area contributed by atoms with Crippen molar-refractivity contribution in [2.75, 3.05) is 17.6 Å². The van der Waals surface area contributed by atoms with Gasteiger partial charge in [0, 0.05) is 13.1 Å². The summed E-state index contributed by atoms with van der Waals surface area (Å²) in [6.45, 7) is 3.12. The van der Waals surface area contributed by atoms with Crippen LogP contribution in [0.25, 0.3) is 11.6 Å². The van der Waals surface area contributed by atoms with E-state index in [9.17, 15) is 9.59 Å². The van der Waals surface area contributed by atoms with Crippen molar-refractivity contribution >= 4 is 29.3 Å². The number of anilines is 1. The normalized spacial score (nSPS) is 10.7. The predicted molar refractivity (Wildman–Crippen MR) is 132 cm³/mol. The number of nitrogens with zero attached hydrogens (tertiary/aromatic N) is 3. The summed E-state index contributed by atoms with van der Waals surface area (Å²) in [5.74, 6) is 0.902. The predicted octanol–water partition coefficient (Wildman–Crippen LogP) is 4.26. The first-order chi connectivity index (χ1) is 16.7. The summed E-state index contributed by atoms with van der Waals surface area (Å²) in [5.41, 5.74) is 2.04. The number of furan rings is 1. The molecule has 9 heteroatoms. The van der Waals surface area contributed by atoms with Gasteiger partial charge in [-0.05, 0) is 43.2 Å². The molecule has 0 bridgehead atoms. The van der Waals surface area contributed by atoms with Gasteiger partial charge in [-0.1, -0.05) is 54.2 Å². The van der Waals surface area contributed by atoms with Crippen LogP contribution in [0.5, 0.6) is 0 Å². The van der Waals surface area contributed by atoms with Gasteiger partial charge < -0.3 is 15.1 Å². The van der Waals surface area contributed by atoms with E-state index in [0.29, 0.717) is 41.1 Å². The van der Waals surface area contributed by atoms with E-state index in [1.807, 2.05) is 47.9 Å². The molecule has 4 rings (SSSR count). The molecule has 0 radical (unpaired) electrons. The number of hydrogen-bond acceptors (Lipinski definition) is 6. The first-order valence-electron chi connectivity index (χ1n) is 11.0. The van der Waals surface area contributed by atoms with E-state index in [-0.39, 0.29) is 17.6 Å². The number of para-hydroxylation sites is 1. The SMILES string of the molecule is CCn1c(SCC(=O)Nc2ccccc2C(=O)NCCc2ccccc2)nnc1-c1ccco1. The zero-order valence-corrected chi connectivity index (χ0v) is 19.5. The van der Waals surface area contributed by atoms with Crippen LogP contribution in [0.1, 0.15) is 22.8 Å². The molecule has 0 aliphatic carbocycles. The fourth-order valence-corrected chi connectivity index (χ4v) is 4.24. The Morgan fingerprint density at radius 1 is 1.00 bits per heavy atom. The summed E-state index contributed by atoms with van der Waals surface area (Å²) in [6, 6.07) is 20.5. The summed E-state index contributed by atoms with van der Waals surface area (Å²) >= 11 is 1.28. The van der Waals surface area contributed by atoms with Crippen LogP contribution in [-0.4, -0.2) is 38.9 Å². The van der Waals surface area contributed by atoms with Crippen LogP contribution in [0.3, 0.4) is 0 Å². The van der Waals surface area contributed by atoms with Crippen LogP contribution in [0.4, 0.5) is 5.69 Å². The molecule has 0 unspecified atom stereocenters. The fourth-order valence-electron chi connectivity index (χ4n) is 3.44. The maximum Gasteiger partial charge on any atom is 0.253 e. The number of carbonyl (C=O) groups is 2. The summed E-state index contributed by atoms with van der Waals surface area (Å²) in [5, 5.41) is 14.8. The standard InChI is InChI=1S/C25H25N5O3S/c1-2-30-23(21-13-8-16-33-21)28-29-25(30)34-17-22(31)27-20-12-7-6-11-19(20)24(32)26-15-14-18-9-4-3-5-10-18/h3-13,16H,2,14-15,17H2,1H3,(H,26,32)(H,27,31). The first kappa shape index (κ1) is 23.3. The van der Waals surface area contributed by atoms with Gasteiger partial charge in [0.2, 0.25) is 5.91 Å². The van der Waals surface area contributed by atoms with Crippen LogP contribution < -0.4 is 10.6 Å². The minimum absolute atomic E-state index is 0.125. The third kappa shape index (κ3) is 5.74.